The van der Waals surface area contributed by atoms with Gasteiger partial charge in [-0.15, -0.1) is 0 Å². The maximum Gasteiger partial charge on any atom is 0.411 e. The van der Waals surface area contributed by atoms with Crippen LogP contribution >= 0.6 is 0 Å². The van der Waals surface area contributed by atoms with Gasteiger partial charge in [-0.2, -0.15) is 5.26 Å². The van der Waals surface area contributed by atoms with Crippen LogP contribution in [0, 0.1) is 18.3 Å². The van der Waals surface area contributed by atoms with Crippen molar-refractivity contribution in [2.24, 2.45) is 0 Å². The van der Waals surface area contributed by atoms with Crippen LogP contribution in [0.15, 0.2) is 18.2 Å². The first kappa shape index (κ1) is 12.0. The number of aryl methyl sites for hydroxylation is 1. The third-order valence-electron chi connectivity index (χ3n) is 1.95. The first-order chi connectivity index (χ1) is 7.69. The smallest absolute Gasteiger partial charge is 0.411 e. The second-order valence-electron chi connectivity index (χ2n) is 3.09. The SMILES string of the molecule is Cc1cccc(NC(=O)OCCO)c1C#N. The van der Waals surface area contributed by atoms with Gasteiger partial charge in [0.2, 0.25) is 0 Å². The first-order valence-electron chi connectivity index (χ1n) is 4.73. The standard InChI is InChI=1S/C11H12N2O3/c1-8-3-2-4-10(9(8)7-12)13-11(15)16-6-5-14/h2-4,14H,5-6H2,1H3,(H,13,15). The van der Waals surface area contributed by atoms with E-state index in [9.17, 15) is 4.79 Å². The van der Waals surface area contributed by atoms with Crippen molar-refractivity contribution in [1.82, 2.24) is 0 Å². The highest BCUT2D eigenvalue weighted by molar-refractivity contribution is 5.86. The lowest BCUT2D eigenvalue weighted by atomic mass is 10.1. The summed E-state index contributed by atoms with van der Waals surface area (Å²) < 4.78 is 4.63. The second-order valence-corrected chi connectivity index (χ2v) is 3.09. The Bertz CT molecular complexity index is 424. The highest BCUT2D eigenvalue weighted by atomic mass is 16.6. The van der Waals surface area contributed by atoms with E-state index in [1.807, 2.05) is 6.07 Å². The summed E-state index contributed by atoms with van der Waals surface area (Å²) in [5, 5.41) is 19.8. The molecule has 16 heavy (non-hydrogen) atoms. The molecule has 84 valence electrons. The summed E-state index contributed by atoms with van der Waals surface area (Å²) in [6.07, 6.45) is -0.684. The van der Waals surface area contributed by atoms with Crippen molar-refractivity contribution in [1.29, 1.82) is 5.26 Å². The van der Waals surface area contributed by atoms with Crippen LogP contribution in [0.3, 0.4) is 0 Å². The summed E-state index contributed by atoms with van der Waals surface area (Å²) in [6, 6.07) is 7.14. The molecular weight excluding hydrogens is 208 g/mol. The van der Waals surface area contributed by atoms with Crippen LogP contribution in [0.1, 0.15) is 11.1 Å². The number of aliphatic hydroxyl groups excluding tert-OH is 1. The fraction of sp³-hybridized carbons (Fsp3) is 0.273. The fourth-order valence-corrected chi connectivity index (χ4v) is 1.20. The molecular formula is C11H12N2O3. The summed E-state index contributed by atoms with van der Waals surface area (Å²) in [4.78, 5) is 11.2. The molecule has 0 bridgehead atoms. The third-order valence-corrected chi connectivity index (χ3v) is 1.95. The Morgan fingerprint density at radius 1 is 1.62 bits per heavy atom. The molecule has 1 aromatic rings. The van der Waals surface area contributed by atoms with E-state index in [-0.39, 0.29) is 13.2 Å². The molecule has 1 aromatic carbocycles. The lowest BCUT2D eigenvalue weighted by Crippen LogP contribution is -2.16. The van der Waals surface area contributed by atoms with Gasteiger partial charge in [0, 0.05) is 0 Å². The average Bonchev–Trinajstić information content (AvgIpc) is 2.27. The van der Waals surface area contributed by atoms with E-state index in [1.165, 1.54) is 0 Å². The highest BCUT2D eigenvalue weighted by Crippen LogP contribution is 2.18. The summed E-state index contributed by atoms with van der Waals surface area (Å²) in [6.45, 7) is 1.48. The fourth-order valence-electron chi connectivity index (χ4n) is 1.20. The molecule has 0 heterocycles. The second kappa shape index (κ2) is 5.73. The van der Waals surface area contributed by atoms with E-state index in [2.05, 4.69) is 10.1 Å². The van der Waals surface area contributed by atoms with Crippen LogP contribution in [0.5, 0.6) is 0 Å². The quantitative estimate of drug-likeness (QED) is 0.806. The molecule has 5 nitrogen and oxygen atoms in total. The maximum atomic E-state index is 11.2. The predicted octanol–water partition coefficient (Wildman–Crippen LogP) is 1.41. The lowest BCUT2D eigenvalue weighted by Gasteiger charge is -2.08. The third kappa shape index (κ3) is 2.97. The van der Waals surface area contributed by atoms with E-state index in [0.717, 1.165) is 5.56 Å². The molecule has 0 unspecified atom stereocenters. The molecule has 0 aliphatic rings. The molecule has 1 amide bonds. The molecule has 0 saturated carbocycles. The van der Waals surface area contributed by atoms with Crippen LogP contribution in [-0.2, 0) is 4.74 Å². The van der Waals surface area contributed by atoms with Gasteiger partial charge < -0.3 is 9.84 Å². The number of hydrogen-bond acceptors (Lipinski definition) is 4. The number of amides is 1. The maximum absolute atomic E-state index is 11.2. The van der Waals surface area contributed by atoms with Crippen molar-refractivity contribution in [3.05, 3.63) is 29.3 Å². The van der Waals surface area contributed by atoms with E-state index in [1.54, 1.807) is 25.1 Å². The lowest BCUT2D eigenvalue weighted by molar-refractivity contribution is 0.131. The average molecular weight is 220 g/mol. The zero-order valence-electron chi connectivity index (χ0n) is 8.86. The number of nitrogens with one attached hydrogen (secondary N) is 1. The molecule has 1 rings (SSSR count). The molecule has 0 saturated heterocycles. The Kier molecular flexibility index (Phi) is 4.30. The van der Waals surface area contributed by atoms with Gasteiger partial charge in [-0.3, -0.25) is 5.32 Å². The molecule has 0 atom stereocenters. The Hall–Kier alpha value is -2.06. The number of anilines is 1. The minimum atomic E-state index is -0.684. The van der Waals surface area contributed by atoms with Gasteiger partial charge >= 0.3 is 6.09 Å². The van der Waals surface area contributed by atoms with E-state index >= 15 is 0 Å². The number of nitrogens with zero attached hydrogens (tertiary/aromatic N) is 1. The van der Waals surface area contributed by atoms with Crippen LogP contribution in [-0.4, -0.2) is 24.4 Å². The molecule has 5 heteroatoms. The van der Waals surface area contributed by atoms with Gasteiger partial charge in [-0.25, -0.2) is 4.79 Å². The minimum absolute atomic E-state index is 0.0699. The molecule has 0 aliphatic heterocycles. The summed E-state index contributed by atoms with van der Waals surface area (Å²) in [5.41, 5.74) is 1.59. The van der Waals surface area contributed by atoms with Gasteiger partial charge in [0.25, 0.3) is 0 Å². The van der Waals surface area contributed by atoms with Crippen molar-refractivity contribution in [3.63, 3.8) is 0 Å². The Labute approximate surface area is 93.3 Å². The number of carbonyl (C=O) groups is 1. The summed E-state index contributed by atoms with van der Waals surface area (Å²) in [5.74, 6) is 0. The zero-order chi connectivity index (χ0) is 12.0. The number of carbonyl (C=O) groups excluding carboxylic acids is 1. The van der Waals surface area contributed by atoms with Gasteiger partial charge in [0.1, 0.15) is 12.7 Å². The monoisotopic (exact) mass is 220 g/mol. The van der Waals surface area contributed by atoms with Crippen LogP contribution in [0.4, 0.5) is 10.5 Å². The molecule has 0 aromatic heterocycles. The highest BCUT2D eigenvalue weighted by Gasteiger charge is 2.08. The van der Waals surface area contributed by atoms with Crippen molar-refractivity contribution in [2.45, 2.75) is 6.92 Å². The molecule has 0 spiro atoms. The van der Waals surface area contributed by atoms with E-state index < -0.39 is 6.09 Å². The van der Waals surface area contributed by atoms with Crippen molar-refractivity contribution < 1.29 is 14.6 Å². The Balaban J connectivity index is 2.78. The summed E-state index contributed by atoms with van der Waals surface area (Å²) >= 11 is 0. The number of aliphatic hydroxyl groups is 1. The van der Waals surface area contributed by atoms with Gasteiger partial charge in [0.05, 0.1) is 17.9 Å². The van der Waals surface area contributed by atoms with Crippen LogP contribution in [0.25, 0.3) is 0 Å². The molecule has 0 aliphatic carbocycles. The number of benzene rings is 1. The predicted molar refractivity (Wildman–Crippen MR) is 58.0 cm³/mol. The van der Waals surface area contributed by atoms with Crippen molar-refractivity contribution >= 4 is 11.8 Å². The minimum Gasteiger partial charge on any atom is -0.447 e. The van der Waals surface area contributed by atoms with Crippen molar-refractivity contribution in [3.8, 4) is 6.07 Å². The van der Waals surface area contributed by atoms with Crippen LogP contribution in [0.2, 0.25) is 0 Å². The molecule has 0 radical (unpaired) electrons. The number of nitriles is 1. The number of ether oxygens (including phenoxy) is 1. The Morgan fingerprint density at radius 2 is 2.38 bits per heavy atom. The Morgan fingerprint density at radius 3 is 3.00 bits per heavy atom. The molecule has 2 N–H and O–H groups in total. The topological polar surface area (TPSA) is 82.3 Å². The van der Waals surface area contributed by atoms with Gasteiger partial charge in [-0.05, 0) is 18.6 Å². The number of hydrogen-bond donors (Lipinski definition) is 2. The van der Waals surface area contributed by atoms with Crippen LogP contribution < -0.4 is 5.32 Å². The van der Waals surface area contributed by atoms with E-state index in [0.29, 0.717) is 11.3 Å². The zero-order valence-corrected chi connectivity index (χ0v) is 8.86. The normalized spacial score (nSPS) is 9.31. The first-order valence-corrected chi connectivity index (χ1v) is 4.73. The molecule has 0 fully saturated rings. The summed E-state index contributed by atoms with van der Waals surface area (Å²) in [7, 11) is 0. The largest absolute Gasteiger partial charge is 0.447 e. The van der Waals surface area contributed by atoms with E-state index in [4.69, 9.17) is 10.4 Å². The van der Waals surface area contributed by atoms with Crippen molar-refractivity contribution in [2.75, 3.05) is 18.5 Å². The van der Waals surface area contributed by atoms with Gasteiger partial charge in [-0.1, -0.05) is 12.1 Å². The number of rotatable bonds is 3. The van der Waals surface area contributed by atoms with Gasteiger partial charge in [0.15, 0.2) is 0 Å².